The molecule has 1 aromatic rings. The summed E-state index contributed by atoms with van der Waals surface area (Å²) < 4.78 is 2.30. The molecule has 1 aliphatic heterocycles. The first-order chi connectivity index (χ1) is 9.49. The summed E-state index contributed by atoms with van der Waals surface area (Å²) in [5.74, 6) is 0.369. The van der Waals surface area contributed by atoms with Gasteiger partial charge in [-0.3, -0.25) is 4.79 Å². The summed E-state index contributed by atoms with van der Waals surface area (Å²) in [6.07, 6.45) is 2.95. The number of likely N-dealkylation sites (tertiary alicyclic amines) is 1. The Labute approximate surface area is 120 Å². The highest BCUT2D eigenvalue weighted by molar-refractivity contribution is 5.95. The molecule has 0 bridgehead atoms. The number of hydrogen-bond acceptors (Lipinski definition) is 2. The second-order valence-electron chi connectivity index (χ2n) is 6.47. The van der Waals surface area contributed by atoms with Gasteiger partial charge in [0.15, 0.2) is 0 Å². The van der Waals surface area contributed by atoms with Crippen LogP contribution >= 0.6 is 0 Å². The van der Waals surface area contributed by atoms with Crippen molar-refractivity contribution in [2.45, 2.75) is 52.2 Å². The lowest BCUT2D eigenvalue weighted by Crippen LogP contribution is -2.45. The standard InChI is InChI=1S/C16H24N2O2/c1-10-6-7-17(9-15(10)19)16(20)14-8-11(2)18(12(14)3)13-4-5-13/h8,10,13,15,19H,4-7,9H2,1-3H3. The SMILES string of the molecule is Cc1cc(C(=O)N2CCC(C)C(O)C2)c(C)n1C1CC1. The summed E-state index contributed by atoms with van der Waals surface area (Å²) in [6, 6.07) is 2.61. The van der Waals surface area contributed by atoms with Crippen LogP contribution < -0.4 is 0 Å². The molecular formula is C16H24N2O2. The quantitative estimate of drug-likeness (QED) is 0.900. The average Bonchev–Trinajstić information content (AvgIpc) is 3.19. The van der Waals surface area contributed by atoms with Crippen molar-refractivity contribution in [1.29, 1.82) is 0 Å². The zero-order valence-corrected chi connectivity index (χ0v) is 12.6. The number of nitrogens with zero attached hydrogens (tertiary/aromatic N) is 2. The average molecular weight is 276 g/mol. The van der Waals surface area contributed by atoms with Crippen LogP contribution in [0, 0.1) is 19.8 Å². The van der Waals surface area contributed by atoms with E-state index in [1.54, 1.807) is 0 Å². The Balaban J connectivity index is 1.82. The number of carbonyl (C=O) groups is 1. The van der Waals surface area contributed by atoms with Crippen molar-refractivity contribution in [3.8, 4) is 0 Å². The zero-order chi connectivity index (χ0) is 14.4. The van der Waals surface area contributed by atoms with Crippen LogP contribution in [0.5, 0.6) is 0 Å². The molecule has 20 heavy (non-hydrogen) atoms. The molecule has 1 saturated heterocycles. The Morgan fingerprint density at radius 1 is 1.30 bits per heavy atom. The summed E-state index contributed by atoms with van der Waals surface area (Å²) in [4.78, 5) is 14.5. The van der Waals surface area contributed by atoms with Gasteiger partial charge in [-0.15, -0.1) is 0 Å². The fourth-order valence-corrected chi connectivity index (χ4v) is 3.29. The third-order valence-electron chi connectivity index (χ3n) is 4.83. The lowest BCUT2D eigenvalue weighted by atomic mass is 9.95. The van der Waals surface area contributed by atoms with Crippen LogP contribution in [0.2, 0.25) is 0 Å². The van der Waals surface area contributed by atoms with E-state index in [0.29, 0.717) is 12.6 Å². The molecule has 2 aliphatic rings. The number of hydrogen-bond donors (Lipinski definition) is 1. The Hall–Kier alpha value is -1.29. The molecule has 2 atom stereocenters. The van der Waals surface area contributed by atoms with Crippen molar-refractivity contribution in [1.82, 2.24) is 9.47 Å². The van der Waals surface area contributed by atoms with Crippen LogP contribution in [0.25, 0.3) is 0 Å². The van der Waals surface area contributed by atoms with Crippen LogP contribution in [0.4, 0.5) is 0 Å². The second kappa shape index (κ2) is 4.92. The van der Waals surface area contributed by atoms with Crippen molar-refractivity contribution < 1.29 is 9.90 Å². The first kappa shape index (κ1) is 13.7. The Morgan fingerprint density at radius 3 is 2.60 bits per heavy atom. The van der Waals surface area contributed by atoms with Gasteiger partial charge >= 0.3 is 0 Å². The van der Waals surface area contributed by atoms with E-state index >= 15 is 0 Å². The number of aryl methyl sites for hydroxylation is 1. The number of amides is 1. The fraction of sp³-hybridized carbons (Fsp3) is 0.688. The number of aromatic nitrogens is 1. The van der Waals surface area contributed by atoms with Crippen molar-refractivity contribution in [2.75, 3.05) is 13.1 Å². The van der Waals surface area contributed by atoms with Crippen molar-refractivity contribution in [3.63, 3.8) is 0 Å². The Kier molecular flexibility index (Phi) is 3.36. The molecule has 0 aromatic carbocycles. The minimum Gasteiger partial charge on any atom is -0.391 e. The third kappa shape index (κ3) is 2.26. The number of β-amino-alcohol motifs (C(OH)–C–C–N with tert-alkyl or cyclic N) is 1. The number of aliphatic hydroxyl groups excluding tert-OH is 1. The first-order valence-electron chi connectivity index (χ1n) is 7.64. The molecule has 1 amide bonds. The highest BCUT2D eigenvalue weighted by Crippen LogP contribution is 2.38. The van der Waals surface area contributed by atoms with E-state index in [1.165, 1.54) is 18.5 Å². The van der Waals surface area contributed by atoms with Gasteiger partial charge in [0.05, 0.1) is 11.7 Å². The summed E-state index contributed by atoms with van der Waals surface area (Å²) in [5.41, 5.74) is 3.08. The summed E-state index contributed by atoms with van der Waals surface area (Å²) >= 11 is 0. The van der Waals surface area contributed by atoms with Crippen LogP contribution in [-0.2, 0) is 0 Å². The summed E-state index contributed by atoms with van der Waals surface area (Å²) in [6.45, 7) is 7.39. The molecule has 0 spiro atoms. The van der Waals surface area contributed by atoms with Crippen molar-refractivity contribution >= 4 is 5.91 Å². The van der Waals surface area contributed by atoms with E-state index in [9.17, 15) is 9.90 Å². The number of rotatable bonds is 2. The molecule has 2 unspecified atom stereocenters. The summed E-state index contributed by atoms with van der Waals surface area (Å²) in [7, 11) is 0. The molecule has 1 N–H and O–H groups in total. The van der Waals surface area contributed by atoms with E-state index in [4.69, 9.17) is 0 Å². The second-order valence-corrected chi connectivity index (χ2v) is 6.47. The van der Waals surface area contributed by atoms with Gasteiger partial charge < -0.3 is 14.6 Å². The maximum atomic E-state index is 12.7. The van der Waals surface area contributed by atoms with E-state index in [0.717, 1.165) is 24.2 Å². The minimum atomic E-state index is -0.389. The van der Waals surface area contributed by atoms with Crippen molar-refractivity contribution in [3.05, 3.63) is 23.0 Å². The van der Waals surface area contributed by atoms with Crippen molar-refractivity contribution in [2.24, 2.45) is 5.92 Å². The van der Waals surface area contributed by atoms with E-state index in [-0.39, 0.29) is 17.9 Å². The molecule has 3 rings (SSSR count). The maximum Gasteiger partial charge on any atom is 0.255 e. The first-order valence-corrected chi connectivity index (χ1v) is 7.64. The topological polar surface area (TPSA) is 45.5 Å². The predicted molar refractivity (Wildman–Crippen MR) is 77.9 cm³/mol. The maximum absolute atomic E-state index is 12.7. The van der Waals surface area contributed by atoms with E-state index in [1.807, 2.05) is 24.8 Å². The fourth-order valence-electron chi connectivity index (χ4n) is 3.29. The van der Waals surface area contributed by atoms with Gasteiger partial charge in [-0.1, -0.05) is 6.92 Å². The molecular weight excluding hydrogens is 252 g/mol. The van der Waals surface area contributed by atoms with Gasteiger partial charge in [-0.05, 0) is 45.1 Å². The lowest BCUT2D eigenvalue weighted by Gasteiger charge is -2.34. The van der Waals surface area contributed by atoms with Crippen LogP contribution in [0.15, 0.2) is 6.07 Å². The molecule has 110 valence electrons. The molecule has 1 saturated carbocycles. The highest BCUT2D eigenvalue weighted by Gasteiger charge is 2.32. The van der Waals surface area contributed by atoms with Crippen LogP contribution in [0.3, 0.4) is 0 Å². The molecule has 4 nitrogen and oxygen atoms in total. The summed E-state index contributed by atoms with van der Waals surface area (Å²) in [5, 5.41) is 9.97. The predicted octanol–water partition coefficient (Wildman–Crippen LogP) is 2.28. The van der Waals surface area contributed by atoms with E-state index in [2.05, 4.69) is 11.5 Å². The molecule has 1 aromatic heterocycles. The minimum absolute atomic E-state index is 0.0796. The molecule has 0 radical (unpaired) electrons. The number of piperidine rings is 1. The van der Waals surface area contributed by atoms with Crippen LogP contribution in [-0.4, -0.2) is 39.7 Å². The molecule has 2 heterocycles. The number of aliphatic hydroxyl groups is 1. The smallest absolute Gasteiger partial charge is 0.255 e. The lowest BCUT2D eigenvalue weighted by molar-refractivity contribution is 0.0248. The zero-order valence-electron chi connectivity index (χ0n) is 12.6. The van der Waals surface area contributed by atoms with Gasteiger partial charge in [0.25, 0.3) is 5.91 Å². The van der Waals surface area contributed by atoms with Gasteiger partial charge in [0.1, 0.15) is 0 Å². The Bertz CT molecular complexity index is 531. The van der Waals surface area contributed by atoms with Gasteiger partial charge in [-0.25, -0.2) is 0 Å². The number of carbonyl (C=O) groups excluding carboxylic acids is 1. The largest absolute Gasteiger partial charge is 0.391 e. The monoisotopic (exact) mass is 276 g/mol. The van der Waals surface area contributed by atoms with Gasteiger partial charge in [0, 0.05) is 30.5 Å². The molecule has 1 aliphatic carbocycles. The van der Waals surface area contributed by atoms with Gasteiger partial charge in [0.2, 0.25) is 0 Å². The van der Waals surface area contributed by atoms with E-state index < -0.39 is 0 Å². The molecule has 4 heteroatoms. The Morgan fingerprint density at radius 2 is 2.00 bits per heavy atom. The molecule has 2 fully saturated rings. The highest BCUT2D eigenvalue weighted by atomic mass is 16.3. The third-order valence-corrected chi connectivity index (χ3v) is 4.83. The van der Waals surface area contributed by atoms with Crippen LogP contribution in [0.1, 0.15) is 54.0 Å². The van der Waals surface area contributed by atoms with Gasteiger partial charge in [-0.2, -0.15) is 0 Å². The normalized spacial score (nSPS) is 26.9.